The summed E-state index contributed by atoms with van der Waals surface area (Å²) in [6.45, 7) is 0. The first-order valence-corrected chi connectivity index (χ1v) is 6.69. The van der Waals surface area contributed by atoms with Crippen LogP contribution in [0.25, 0.3) is 0 Å². The molecule has 0 bridgehead atoms. The monoisotopic (exact) mass is 275 g/mol. The molecule has 0 amide bonds. The van der Waals surface area contributed by atoms with Gasteiger partial charge in [-0.1, -0.05) is 6.07 Å². The van der Waals surface area contributed by atoms with Crippen LogP contribution < -0.4 is 4.74 Å². The molecule has 2 aromatic heterocycles. The summed E-state index contributed by atoms with van der Waals surface area (Å²) < 4.78 is 5.08. The van der Waals surface area contributed by atoms with Crippen LogP contribution >= 0.6 is 11.3 Å². The molecule has 0 aliphatic heterocycles. The van der Waals surface area contributed by atoms with Gasteiger partial charge >= 0.3 is 0 Å². The van der Waals surface area contributed by atoms with Gasteiger partial charge in [0.05, 0.1) is 12.0 Å². The van der Waals surface area contributed by atoms with Crippen molar-refractivity contribution >= 4 is 22.9 Å². The first-order valence-electron chi connectivity index (χ1n) is 5.81. The number of ketones is 2. The third-order valence-electron chi connectivity index (χ3n) is 2.63. The van der Waals surface area contributed by atoms with Crippen molar-refractivity contribution in [3.05, 3.63) is 46.4 Å². The van der Waals surface area contributed by atoms with E-state index in [0.29, 0.717) is 10.6 Å². The molecule has 0 aliphatic carbocycles. The quantitative estimate of drug-likeness (QED) is 0.760. The van der Waals surface area contributed by atoms with Crippen molar-refractivity contribution in [2.75, 3.05) is 7.11 Å². The minimum Gasteiger partial charge on any atom is -0.494 e. The van der Waals surface area contributed by atoms with Crippen LogP contribution in [0.5, 0.6) is 5.75 Å². The number of hydrogen-bond donors (Lipinski definition) is 0. The van der Waals surface area contributed by atoms with Gasteiger partial charge in [-0.3, -0.25) is 9.59 Å². The lowest BCUT2D eigenvalue weighted by Crippen LogP contribution is -2.07. The Balaban J connectivity index is 2.00. The molecule has 19 heavy (non-hydrogen) atoms. The number of rotatable bonds is 6. The second-order valence-corrected chi connectivity index (χ2v) is 4.83. The highest BCUT2D eigenvalue weighted by molar-refractivity contribution is 7.12. The molecule has 5 heteroatoms. The van der Waals surface area contributed by atoms with Crippen LogP contribution in [0.1, 0.15) is 33.0 Å². The van der Waals surface area contributed by atoms with E-state index >= 15 is 0 Å². The van der Waals surface area contributed by atoms with Crippen molar-refractivity contribution in [3.63, 3.8) is 0 Å². The average Bonchev–Trinajstić information content (AvgIpc) is 2.98. The molecular weight excluding hydrogens is 262 g/mol. The number of carbonyl (C=O) groups excluding carboxylic acids is 2. The maximum Gasteiger partial charge on any atom is 0.185 e. The highest BCUT2D eigenvalue weighted by atomic mass is 32.1. The number of nitrogens with zero attached hydrogens (tertiary/aromatic N) is 1. The summed E-state index contributed by atoms with van der Waals surface area (Å²) in [4.78, 5) is 28.5. The van der Waals surface area contributed by atoms with E-state index in [2.05, 4.69) is 4.98 Å². The van der Waals surface area contributed by atoms with E-state index in [1.165, 1.54) is 24.6 Å². The van der Waals surface area contributed by atoms with E-state index in [1.54, 1.807) is 18.2 Å². The summed E-state index contributed by atoms with van der Waals surface area (Å²) in [6.07, 6.45) is 1.88. The summed E-state index contributed by atoms with van der Waals surface area (Å²) in [5.74, 6) is 0.247. The molecule has 0 atom stereocenters. The third kappa shape index (κ3) is 3.26. The number of ether oxygens (including phenoxy) is 1. The lowest BCUT2D eigenvalue weighted by atomic mass is 10.1. The van der Waals surface area contributed by atoms with E-state index in [1.807, 2.05) is 11.4 Å². The van der Waals surface area contributed by atoms with Crippen LogP contribution in [0.3, 0.4) is 0 Å². The number of carbonyl (C=O) groups is 2. The number of Topliss-reactive ketones (excluding diaryl/α,β-unsaturated/α-hetero) is 2. The molecule has 0 N–H and O–H groups in total. The number of hydrogen-bond acceptors (Lipinski definition) is 5. The van der Waals surface area contributed by atoms with E-state index in [-0.39, 0.29) is 30.1 Å². The van der Waals surface area contributed by atoms with E-state index in [4.69, 9.17) is 4.74 Å². The van der Waals surface area contributed by atoms with Crippen LogP contribution in [-0.4, -0.2) is 23.7 Å². The van der Waals surface area contributed by atoms with Crippen LogP contribution in [0, 0.1) is 0 Å². The van der Waals surface area contributed by atoms with Crippen LogP contribution in [0.4, 0.5) is 0 Å². The first kappa shape index (κ1) is 13.4. The Morgan fingerprint density at radius 1 is 1.21 bits per heavy atom. The SMILES string of the molecule is COc1cccnc1C(=O)CCC(=O)c1cccs1. The molecule has 0 unspecified atom stereocenters. The molecule has 2 aromatic rings. The smallest absolute Gasteiger partial charge is 0.185 e. The summed E-state index contributed by atoms with van der Waals surface area (Å²) in [7, 11) is 1.49. The topological polar surface area (TPSA) is 56.3 Å². The van der Waals surface area contributed by atoms with Gasteiger partial charge < -0.3 is 4.74 Å². The summed E-state index contributed by atoms with van der Waals surface area (Å²) in [6, 6.07) is 6.97. The van der Waals surface area contributed by atoms with E-state index in [0.717, 1.165) is 0 Å². The van der Waals surface area contributed by atoms with Crippen molar-refractivity contribution in [1.29, 1.82) is 0 Å². The normalized spacial score (nSPS) is 10.2. The Bertz CT molecular complexity index is 578. The van der Waals surface area contributed by atoms with E-state index in [9.17, 15) is 9.59 Å². The van der Waals surface area contributed by atoms with Crippen molar-refractivity contribution in [2.24, 2.45) is 0 Å². The van der Waals surface area contributed by atoms with Gasteiger partial charge in [0, 0.05) is 19.0 Å². The van der Waals surface area contributed by atoms with E-state index < -0.39 is 0 Å². The maximum absolute atomic E-state index is 12.0. The molecule has 4 nitrogen and oxygen atoms in total. The van der Waals surface area contributed by atoms with Gasteiger partial charge in [-0.2, -0.15) is 0 Å². The first-order chi connectivity index (χ1) is 9.22. The average molecular weight is 275 g/mol. The number of methoxy groups -OCH3 is 1. The van der Waals surface area contributed by atoms with Gasteiger partial charge in [-0.05, 0) is 23.6 Å². The lowest BCUT2D eigenvalue weighted by molar-refractivity contribution is 0.0915. The summed E-state index contributed by atoms with van der Waals surface area (Å²) in [5, 5.41) is 1.84. The minimum atomic E-state index is -0.178. The third-order valence-corrected chi connectivity index (χ3v) is 3.54. The highest BCUT2D eigenvalue weighted by Crippen LogP contribution is 2.18. The largest absolute Gasteiger partial charge is 0.494 e. The van der Waals surface area contributed by atoms with Crippen molar-refractivity contribution in [2.45, 2.75) is 12.8 Å². The molecule has 0 saturated carbocycles. The predicted molar refractivity (Wildman–Crippen MR) is 73.0 cm³/mol. The van der Waals surface area contributed by atoms with Crippen molar-refractivity contribution < 1.29 is 14.3 Å². The molecule has 0 radical (unpaired) electrons. The Morgan fingerprint density at radius 3 is 2.68 bits per heavy atom. The maximum atomic E-state index is 12.0. The van der Waals surface area contributed by atoms with Gasteiger partial charge in [-0.15, -0.1) is 11.3 Å². The molecule has 0 aromatic carbocycles. The predicted octanol–water partition coefficient (Wildman–Crippen LogP) is 3.00. The highest BCUT2D eigenvalue weighted by Gasteiger charge is 2.16. The fraction of sp³-hybridized carbons (Fsp3) is 0.214. The fourth-order valence-corrected chi connectivity index (χ4v) is 2.36. The number of aromatic nitrogens is 1. The van der Waals surface area contributed by atoms with Gasteiger partial charge in [0.2, 0.25) is 0 Å². The van der Waals surface area contributed by atoms with Gasteiger partial charge in [0.15, 0.2) is 11.6 Å². The van der Waals surface area contributed by atoms with Crippen LogP contribution in [-0.2, 0) is 0 Å². The number of pyridine rings is 1. The summed E-state index contributed by atoms with van der Waals surface area (Å²) >= 11 is 1.39. The molecule has 0 fully saturated rings. The minimum absolute atomic E-state index is 0.0155. The van der Waals surface area contributed by atoms with Crippen LogP contribution in [0.2, 0.25) is 0 Å². The lowest BCUT2D eigenvalue weighted by Gasteiger charge is -2.05. The zero-order valence-corrected chi connectivity index (χ0v) is 11.3. The van der Waals surface area contributed by atoms with Gasteiger partial charge in [-0.25, -0.2) is 4.98 Å². The zero-order valence-electron chi connectivity index (χ0n) is 10.5. The molecule has 0 aliphatic rings. The second-order valence-electron chi connectivity index (χ2n) is 3.88. The molecule has 2 heterocycles. The Morgan fingerprint density at radius 2 is 2.00 bits per heavy atom. The Hall–Kier alpha value is -2.01. The molecule has 0 spiro atoms. The Kier molecular flexibility index (Phi) is 4.41. The standard InChI is InChI=1S/C14H13NO3S/c1-18-12-4-2-8-15-14(12)11(17)7-6-10(16)13-5-3-9-19-13/h2-5,8-9H,6-7H2,1H3. The number of thiophene rings is 1. The summed E-state index contributed by atoms with van der Waals surface area (Å²) in [5.41, 5.74) is 0.281. The van der Waals surface area contributed by atoms with Crippen molar-refractivity contribution in [1.82, 2.24) is 4.98 Å². The molecule has 0 saturated heterocycles. The van der Waals surface area contributed by atoms with Gasteiger partial charge in [0.25, 0.3) is 0 Å². The molecule has 2 rings (SSSR count). The van der Waals surface area contributed by atoms with Crippen LogP contribution in [0.15, 0.2) is 35.8 Å². The zero-order chi connectivity index (χ0) is 13.7. The fourth-order valence-electron chi connectivity index (χ4n) is 1.67. The second kappa shape index (κ2) is 6.24. The van der Waals surface area contributed by atoms with Crippen molar-refractivity contribution in [3.8, 4) is 5.75 Å². The molecular formula is C14H13NO3S. The van der Waals surface area contributed by atoms with Gasteiger partial charge in [0.1, 0.15) is 11.4 Å². The Labute approximate surface area is 115 Å². The molecule has 98 valence electrons.